The van der Waals surface area contributed by atoms with E-state index in [9.17, 15) is 22.4 Å². The van der Waals surface area contributed by atoms with Gasteiger partial charge in [0.25, 0.3) is 5.91 Å². The molecule has 0 aliphatic carbocycles. The zero-order valence-electron chi connectivity index (χ0n) is 19.0. The van der Waals surface area contributed by atoms with Gasteiger partial charge in [0.15, 0.2) is 0 Å². The third kappa shape index (κ3) is 6.15. The van der Waals surface area contributed by atoms with E-state index in [4.69, 9.17) is 22.1 Å². The van der Waals surface area contributed by atoms with Crippen molar-refractivity contribution in [2.75, 3.05) is 25.1 Å². The molecule has 1 fully saturated rings. The number of carbonyl (C=O) groups is 1. The Labute approximate surface area is 209 Å². The van der Waals surface area contributed by atoms with Crippen LogP contribution in [0.4, 0.5) is 23.4 Å². The molecule has 0 saturated carbocycles. The molecule has 0 unspecified atom stereocenters. The number of nitrogens with zero attached hydrogens (tertiary/aromatic N) is 1. The predicted octanol–water partition coefficient (Wildman–Crippen LogP) is 4.91. The van der Waals surface area contributed by atoms with Crippen LogP contribution in [0.25, 0.3) is 11.1 Å². The quantitative estimate of drug-likeness (QED) is 0.328. The molecule has 0 bridgehead atoms. The predicted molar refractivity (Wildman–Crippen MR) is 127 cm³/mol. The van der Waals surface area contributed by atoms with Crippen molar-refractivity contribution in [3.63, 3.8) is 0 Å². The molecule has 2 aromatic heterocycles. The molecule has 12 heteroatoms. The molecule has 0 spiro atoms. The Bertz CT molecular complexity index is 1230. The van der Waals surface area contributed by atoms with E-state index < -0.39 is 29.5 Å². The summed E-state index contributed by atoms with van der Waals surface area (Å²) in [4.78, 5) is 20.0. The second-order valence-corrected chi connectivity index (χ2v) is 8.82. The molecule has 1 aliphatic heterocycles. The van der Waals surface area contributed by atoms with Gasteiger partial charge in [0.05, 0.1) is 16.6 Å². The van der Waals surface area contributed by atoms with Gasteiger partial charge in [-0.2, -0.15) is 13.2 Å². The number of carbonyl (C=O) groups excluding carboxylic acids is 1. The van der Waals surface area contributed by atoms with Crippen molar-refractivity contribution in [1.82, 2.24) is 15.3 Å². The summed E-state index contributed by atoms with van der Waals surface area (Å²) in [6, 6.07) is 4.58. The lowest BCUT2D eigenvalue weighted by Gasteiger charge is -2.23. The summed E-state index contributed by atoms with van der Waals surface area (Å²) in [5, 5.41) is 6.28. The van der Waals surface area contributed by atoms with Gasteiger partial charge < -0.3 is 26.1 Å². The number of hydrogen-bond acceptors (Lipinski definition) is 5. The number of halogens is 5. The number of pyridine rings is 1. The molecule has 192 valence electrons. The molecular formula is C24H24ClF4N5O2. The number of anilines is 1. The lowest BCUT2D eigenvalue weighted by atomic mass is 10.0. The first-order valence-electron chi connectivity index (χ1n) is 11.2. The number of alkyl halides is 3. The van der Waals surface area contributed by atoms with Crippen LogP contribution >= 0.6 is 11.6 Å². The van der Waals surface area contributed by atoms with Gasteiger partial charge in [-0.1, -0.05) is 11.6 Å². The van der Waals surface area contributed by atoms with Gasteiger partial charge in [-0.05, 0) is 48.7 Å². The molecule has 1 aliphatic rings. The Morgan fingerprint density at radius 1 is 1.22 bits per heavy atom. The number of amides is 1. The Morgan fingerprint density at radius 3 is 2.67 bits per heavy atom. The first-order chi connectivity index (χ1) is 17.1. The van der Waals surface area contributed by atoms with Crippen molar-refractivity contribution in [1.29, 1.82) is 0 Å². The molecule has 1 amide bonds. The van der Waals surface area contributed by atoms with Gasteiger partial charge in [0.2, 0.25) is 0 Å². The largest absolute Gasteiger partial charge is 0.416 e. The molecule has 0 radical (unpaired) electrons. The molecule has 3 aromatic rings. The average molecular weight is 526 g/mol. The average Bonchev–Trinajstić information content (AvgIpc) is 3.33. The van der Waals surface area contributed by atoms with Crippen molar-refractivity contribution < 1.29 is 27.1 Å². The second-order valence-electron chi connectivity index (χ2n) is 8.42. The van der Waals surface area contributed by atoms with Crippen LogP contribution in [0.5, 0.6) is 0 Å². The van der Waals surface area contributed by atoms with E-state index in [2.05, 4.69) is 20.6 Å². The third-order valence-corrected chi connectivity index (χ3v) is 6.16. The normalized spacial score (nSPS) is 15.5. The van der Waals surface area contributed by atoms with Gasteiger partial charge in [-0.25, -0.2) is 9.37 Å². The summed E-state index contributed by atoms with van der Waals surface area (Å²) in [5.41, 5.74) is 5.80. The fraction of sp³-hybridized carbons (Fsp3) is 0.333. The number of aromatic nitrogens is 2. The van der Waals surface area contributed by atoms with Crippen LogP contribution in [0.3, 0.4) is 0 Å². The number of hydrogen-bond donors (Lipinski definition) is 4. The van der Waals surface area contributed by atoms with Gasteiger partial charge in [-0.15, -0.1) is 0 Å². The Hall–Kier alpha value is -3.15. The molecule has 1 atom stereocenters. The Balaban J connectivity index is 1.51. The summed E-state index contributed by atoms with van der Waals surface area (Å²) in [7, 11) is 0. The van der Waals surface area contributed by atoms with Crippen LogP contribution in [-0.4, -0.2) is 41.7 Å². The lowest BCUT2D eigenvalue weighted by molar-refractivity contribution is -0.137. The molecule has 1 saturated heterocycles. The topological polar surface area (TPSA) is 105 Å². The highest BCUT2D eigenvalue weighted by atomic mass is 35.5. The van der Waals surface area contributed by atoms with Gasteiger partial charge in [-0.3, -0.25) is 4.79 Å². The second kappa shape index (κ2) is 10.9. The molecular weight excluding hydrogens is 502 g/mol. The zero-order chi connectivity index (χ0) is 25.9. The van der Waals surface area contributed by atoms with Gasteiger partial charge >= 0.3 is 6.18 Å². The number of aromatic amines is 1. The van der Waals surface area contributed by atoms with Crippen molar-refractivity contribution in [3.8, 4) is 11.1 Å². The number of H-pyrrole nitrogens is 1. The summed E-state index contributed by atoms with van der Waals surface area (Å²) in [5.74, 6) is -1.07. The lowest BCUT2D eigenvalue weighted by Crippen LogP contribution is -2.33. The first kappa shape index (κ1) is 25.9. The fourth-order valence-corrected chi connectivity index (χ4v) is 4.17. The highest BCUT2D eigenvalue weighted by molar-refractivity contribution is 6.33. The van der Waals surface area contributed by atoms with E-state index in [-0.39, 0.29) is 23.8 Å². The Morgan fingerprint density at radius 2 is 1.97 bits per heavy atom. The number of ether oxygens (including phenoxy) is 1. The SMILES string of the molecule is NC[C@H](NC(=O)c1cc(-c2cc(NC3CCOCC3)ncc2Cl)c[nH]1)c1cc(F)cc(C(F)(F)F)c1. The van der Waals surface area contributed by atoms with Crippen LogP contribution < -0.4 is 16.4 Å². The number of nitrogens with one attached hydrogen (secondary N) is 3. The van der Waals surface area contributed by atoms with Crippen molar-refractivity contribution in [2.45, 2.75) is 31.1 Å². The van der Waals surface area contributed by atoms with Crippen molar-refractivity contribution >= 4 is 23.3 Å². The first-order valence-corrected chi connectivity index (χ1v) is 11.6. The van der Waals surface area contributed by atoms with E-state index in [1.165, 1.54) is 6.20 Å². The minimum absolute atomic E-state index is 0.0917. The zero-order valence-corrected chi connectivity index (χ0v) is 19.7. The van der Waals surface area contributed by atoms with Crippen LogP contribution in [0, 0.1) is 5.82 Å². The van der Waals surface area contributed by atoms with Crippen molar-refractivity contribution in [3.05, 3.63) is 70.4 Å². The molecule has 5 N–H and O–H groups in total. The van der Waals surface area contributed by atoms with E-state index >= 15 is 0 Å². The molecule has 36 heavy (non-hydrogen) atoms. The number of benzene rings is 1. The molecule has 7 nitrogen and oxygen atoms in total. The molecule has 4 rings (SSSR count). The van der Waals surface area contributed by atoms with Crippen LogP contribution in [0.2, 0.25) is 5.02 Å². The van der Waals surface area contributed by atoms with Gasteiger partial charge in [0, 0.05) is 49.3 Å². The smallest absolute Gasteiger partial charge is 0.381 e. The van der Waals surface area contributed by atoms with Crippen LogP contribution in [0.1, 0.15) is 40.5 Å². The van der Waals surface area contributed by atoms with E-state index in [0.717, 1.165) is 25.0 Å². The highest BCUT2D eigenvalue weighted by Gasteiger charge is 2.32. The summed E-state index contributed by atoms with van der Waals surface area (Å²) < 4.78 is 58.5. The van der Waals surface area contributed by atoms with Crippen LogP contribution in [-0.2, 0) is 10.9 Å². The Kier molecular flexibility index (Phi) is 7.82. The minimum Gasteiger partial charge on any atom is -0.381 e. The molecule has 1 aromatic carbocycles. The fourth-order valence-electron chi connectivity index (χ4n) is 3.96. The maximum Gasteiger partial charge on any atom is 0.416 e. The summed E-state index contributed by atoms with van der Waals surface area (Å²) in [6.07, 6.45) is 0.0583. The highest BCUT2D eigenvalue weighted by Crippen LogP contribution is 2.33. The number of nitrogens with two attached hydrogens (primary N) is 1. The molecule has 3 heterocycles. The third-order valence-electron chi connectivity index (χ3n) is 5.86. The van der Waals surface area contributed by atoms with E-state index in [0.29, 0.717) is 41.2 Å². The van der Waals surface area contributed by atoms with E-state index in [1.807, 2.05) is 0 Å². The van der Waals surface area contributed by atoms with Crippen LogP contribution in [0.15, 0.2) is 42.7 Å². The van der Waals surface area contributed by atoms with E-state index in [1.54, 1.807) is 18.3 Å². The maximum absolute atomic E-state index is 13.8. The monoisotopic (exact) mass is 525 g/mol. The summed E-state index contributed by atoms with van der Waals surface area (Å²) in [6.45, 7) is 1.11. The minimum atomic E-state index is -4.74. The van der Waals surface area contributed by atoms with Crippen molar-refractivity contribution in [2.24, 2.45) is 5.73 Å². The number of rotatable bonds is 7. The summed E-state index contributed by atoms with van der Waals surface area (Å²) >= 11 is 6.35. The van der Waals surface area contributed by atoms with Gasteiger partial charge in [0.1, 0.15) is 17.3 Å². The standard InChI is InChI=1S/C24H24ClF4N5O2/c25-19-12-32-22(33-17-1-3-36-4-2-17)9-18(19)14-7-20(31-11-14)23(35)34-21(10-30)13-5-15(24(27,28)29)8-16(26)6-13/h5-9,11-12,17,21,31H,1-4,10,30H2,(H,32,33)(H,34,35)/t21-/m0/s1. The maximum atomic E-state index is 13.8.